The molecular formula is C31H28Cl2N2O2. The molecule has 1 N–H and O–H groups in total. The van der Waals surface area contributed by atoms with E-state index in [0.29, 0.717) is 5.56 Å². The first-order chi connectivity index (χ1) is 18.0. The molecule has 0 spiro atoms. The number of carbonyl (C=O) groups is 1. The van der Waals surface area contributed by atoms with Gasteiger partial charge in [0.15, 0.2) is 11.5 Å². The zero-order valence-electron chi connectivity index (χ0n) is 20.5. The first kappa shape index (κ1) is 24.4. The number of likely N-dealkylation sites (tertiary alicyclic amines) is 1. The summed E-state index contributed by atoms with van der Waals surface area (Å²) >= 11 is 12.4. The van der Waals surface area contributed by atoms with E-state index in [4.69, 9.17) is 23.2 Å². The van der Waals surface area contributed by atoms with Crippen molar-refractivity contribution in [3.05, 3.63) is 82.0 Å². The summed E-state index contributed by atoms with van der Waals surface area (Å²) in [6.07, 6.45) is 7.25. The molecule has 0 amide bonds. The fraction of sp³-hybridized carbons (Fsp3) is 0.290. The van der Waals surface area contributed by atoms with Gasteiger partial charge in [0.25, 0.3) is 0 Å². The van der Waals surface area contributed by atoms with Crippen LogP contribution in [0.3, 0.4) is 0 Å². The number of phenols is 1. The molecule has 1 aromatic heterocycles. The van der Waals surface area contributed by atoms with E-state index in [0.717, 1.165) is 59.0 Å². The molecule has 6 heteroatoms. The van der Waals surface area contributed by atoms with Gasteiger partial charge in [0, 0.05) is 35.2 Å². The fourth-order valence-corrected chi connectivity index (χ4v) is 5.79. The Morgan fingerprint density at radius 1 is 0.919 bits per heavy atom. The summed E-state index contributed by atoms with van der Waals surface area (Å²) in [6, 6.07) is 18.0. The van der Waals surface area contributed by atoms with E-state index in [1.54, 1.807) is 18.3 Å². The molecule has 6 rings (SSSR count). The van der Waals surface area contributed by atoms with Crippen molar-refractivity contribution in [2.45, 2.75) is 32.1 Å². The molecule has 0 atom stereocenters. The lowest BCUT2D eigenvalue weighted by Gasteiger charge is -2.16. The van der Waals surface area contributed by atoms with E-state index < -0.39 is 0 Å². The van der Waals surface area contributed by atoms with Crippen LogP contribution in [-0.4, -0.2) is 40.4 Å². The number of Topliss-reactive ketones (excluding diaryl/α,β-unsaturated/α-hetero) is 1. The number of aromatic nitrogens is 1. The van der Waals surface area contributed by atoms with Gasteiger partial charge in [-0.2, -0.15) is 0 Å². The Morgan fingerprint density at radius 3 is 2.27 bits per heavy atom. The van der Waals surface area contributed by atoms with Crippen LogP contribution in [0.2, 0.25) is 10.0 Å². The number of ketones is 1. The van der Waals surface area contributed by atoms with Gasteiger partial charge in [0.05, 0.1) is 15.6 Å². The number of fused-ring (bicyclic) bond motifs is 1. The molecule has 2 heterocycles. The number of benzene rings is 3. The number of pyridine rings is 1. The number of rotatable bonds is 7. The molecule has 4 nitrogen and oxygen atoms in total. The zero-order valence-corrected chi connectivity index (χ0v) is 22.0. The molecule has 1 saturated carbocycles. The molecule has 1 saturated heterocycles. The average Bonchev–Trinajstić information content (AvgIpc) is 3.64. The molecule has 2 fully saturated rings. The average molecular weight is 531 g/mol. The van der Waals surface area contributed by atoms with Gasteiger partial charge in [0.1, 0.15) is 0 Å². The molecule has 1 aliphatic heterocycles. The summed E-state index contributed by atoms with van der Waals surface area (Å²) in [5.41, 5.74) is 6.41. The molecule has 0 unspecified atom stereocenters. The van der Waals surface area contributed by atoms with Gasteiger partial charge >= 0.3 is 0 Å². The second-order valence-corrected chi connectivity index (χ2v) is 11.0. The topological polar surface area (TPSA) is 53.4 Å². The predicted molar refractivity (Wildman–Crippen MR) is 151 cm³/mol. The third-order valence-electron chi connectivity index (χ3n) is 7.59. The third kappa shape index (κ3) is 4.98. The number of aromatic hydroxyl groups is 1. The van der Waals surface area contributed by atoms with E-state index in [1.165, 1.54) is 31.5 Å². The summed E-state index contributed by atoms with van der Waals surface area (Å²) in [5, 5.41) is 11.3. The number of halogens is 2. The first-order valence-electron chi connectivity index (χ1n) is 12.9. The van der Waals surface area contributed by atoms with Crippen molar-refractivity contribution < 1.29 is 9.90 Å². The van der Waals surface area contributed by atoms with Crippen molar-refractivity contribution in [3.63, 3.8) is 0 Å². The molecule has 0 radical (unpaired) electrons. The highest BCUT2D eigenvalue weighted by atomic mass is 35.5. The Kier molecular flexibility index (Phi) is 6.66. The highest BCUT2D eigenvalue weighted by Gasteiger charge is 2.32. The number of carbonyl (C=O) groups excluding carboxylic acids is 1. The summed E-state index contributed by atoms with van der Waals surface area (Å²) in [5.74, 6) is 0.136. The zero-order chi connectivity index (χ0) is 25.5. The minimum absolute atomic E-state index is 0.0932. The monoisotopic (exact) mass is 530 g/mol. The van der Waals surface area contributed by atoms with Crippen molar-refractivity contribution in [1.82, 2.24) is 9.88 Å². The Labute approximate surface area is 226 Å². The van der Waals surface area contributed by atoms with Crippen LogP contribution < -0.4 is 0 Å². The maximum absolute atomic E-state index is 13.3. The number of hydrogen-bond donors (Lipinski definition) is 1. The molecule has 4 aromatic rings. The van der Waals surface area contributed by atoms with Gasteiger partial charge < -0.3 is 10.0 Å². The fourth-order valence-electron chi connectivity index (χ4n) is 5.30. The lowest BCUT2D eigenvalue weighted by atomic mass is 9.91. The van der Waals surface area contributed by atoms with Gasteiger partial charge in [-0.25, -0.2) is 0 Å². The second-order valence-electron chi connectivity index (χ2n) is 10.2. The molecule has 2 aliphatic rings. The van der Waals surface area contributed by atoms with Gasteiger partial charge in [-0.15, -0.1) is 0 Å². The van der Waals surface area contributed by atoms with Gasteiger partial charge in [-0.1, -0.05) is 53.5 Å². The normalized spacial score (nSPS) is 15.9. The second kappa shape index (κ2) is 10.1. The first-order valence-corrected chi connectivity index (χ1v) is 13.7. The van der Waals surface area contributed by atoms with Crippen molar-refractivity contribution in [2.24, 2.45) is 5.92 Å². The van der Waals surface area contributed by atoms with E-state index in [2.05, 4.69) is 34.1 Å². The molecule has 188 valence electrons. The molecule has 37 heavy (non-hydrogen) atoms. The smallest absolute Gasteiger partial charge is 0.168 e. The van der Waals surface area contributed by atoms with Crippen LogP contribution in [0.15, 0.2) is 60.8 Å². The summed E-state index contributed by atoms with van der Waals surface area (Å²) < 4.78 is 0. The van der Waals surface area contributed by atoms with E-state index >= 15 is 0 Å². The van der Waals surface area contributed by atoms with E-state index in [-0.39, 0.29) is 27.5 Å². The minimum Gasteiger partial charge on any atom is -0.505 e. The number of phenolic OH excluding ortho intramolecular Hbond substituents is 1. The van der Waals surface area contributed by atoms with Crippen molar-refractivity contribution in [2.75, 3.05) is 19.6 Å². The van der Waals surface area contributed by atoms with Crippen LogP contribution in [0.1, 0.15) is 41.6 Å². The van der Waals surface area contributed by atoms with Gasteiger partial charge in [-0.05, 0) is 91.7 Å². The maximum atomic E-state index is 13.3. The Hall–Kier alpha value is -2.92. The van der Waals surface area contributed by atoms with Crippen molar-refractivity contribution in [1.29, 1.82) is 0 Å². The lowest BCUT2D eigenvalue weighted by Crippen LogP contribution is -2.21. The summed E-state index contributed by atoms with van der Waals surface area (Å²) in [6.45, 7) is 3.49. The van der Waals surface area contributed by atoms with Crippen molar-refractivity contribution in [3.8, 4) is 28.0 Å². The standard InChI is InChI=1S/C31H28Cl2N2O2/c32-26-16-23(17-27(33)31(26)37)22-9-10-28-24(15-22)29(25(18-34-28)30(36)21-7-8-21)20-5-3-19(4-6-20)11-14-35-12-1-2-13-35/h3-6,9-10,15-18,21,37H,1-2,7-8,11-14H2. The van der Waals surface area contributed by atoms with Gasteiger partial charge in [0.2, 0.25) is 0 Å². The summed E-state index contributed by atoms with van der Waals surface area (Å²) in [4.78, 5) is 20.5. The van der Waals surface area contributed by atoms with Crippen LogP contribution in [0, 0.1) is 5.92 Å². The molecular weight excluding hydrogens is 503 g/mol. The van der Waals surface area contributed by atoms with Crippen LogP contribution in [0.4, 0.5) is 0 Å². The lowest BCUT2D eigenvalue weighted by molar-refractivity contribution is 0.0968. The number of nitrogens with zero attached hydrogens (tertiary/aromatic N) is 2. The maximum Gasteiger partial charge on any atom is 0.168 e. The van der Waals surface area contributed by atoms with Crippen molar-refractivity contribution >= 4 is 39.9 Å². The Bertz CT molecular complexity index is 1470. The minimum atomic E-state index is -0.127. The quantitative estimate of drug-likeness (QED) is 0.247. The molecule has 3 aromatic carbocycles. The van der Waals surface area contributed by atoms with E-state index in [9.17, 15) is 9.90 Å². The third-order valence-corrected chi connectivity index (χ3v) is 8.17. The van der Waals surface area contributed by atoms with Crippen LogP contribution in [0.5, 0.6) is 5.75 Å². The van der Waals surface area contributed by atoms with Crippen LogP contribution >= 0.6 is 23.2 Å². The van der Waals surface area contributed by atoms with E-state index in [1.807, 2.05) is 18.2 Å². The predicted octanol–water partition coefficient (Wildman–Crippen LogP) is 7.81. The largest absolute Gasteiger partial charge is 0.505 e. The number of hydrogen-bond acceptors (Lipinski definition) is 4. The van der Waals surface area contributed by atoms with Crippen LogP contribution in [-0.2, 0) is 6.42 Å². The van der Waals surface area contributed by atoms with Crippen LogP contribution in [0.25, 0.3) is 33.2 Å². The Morgan fingerprint density at radius 2 is 1.59 bits per heavy atom. The van der Waals surface area contributed by atoms with Gasteiger partial charge in [-0.3, -0.25) is 9.78 Å². The molecule has 1 aliphatic carbocycles. The SMILES string of the molecule is O=C(c1cnc2ccc(-c3cc(Cl)c(O)c(Cl)c3)cc2c1-c1ccc(CCN2CCCC2)cc1)C1CC1. The molecule has 0 bridgehead atoms. The highest BCUT2D eigenvalue weighted by molar-refractivity contribution is 6.37. The Balaban J connectivity index is 1.43. The highest BCUT2D eigenvalue weighted by Crippen LogP contribution is 2.41. The summed E-state index contributed by atoms with van der Waals surface area (Å²) in [7, 11) is 0.